The lowest BCUT2D eigenvalue weighted by Gasteiger charge is -2.08. The molecule has 0 bridgehead atoms. The molecule has 0 saturated heterocycles. The fraction of sp³-hybridized carbons (Fsp3) is 0.188. The molecule has 2 aromatic carbocycles. The van der Waals surface area contributed by atoms with Crippen LogP contribution in [0.3, 0.4) is 0 Å². The summed E-state index contributed by atoms with van der Waals surface area (Å²) >= 11 is 0. The number of rotatable bonds is 6. The Morgan fingerprint density at radius 3 is 2.31 bits per heavy atom. The van der Waals surface area contributed by atoms with Gasteiger partial charge in [0.05, 0.1) is 16.2 Å². The minimum Gasteiger partial charge on any atom is -0.326 e. The van der Waals surface area contributed by atoms with Crippen LogP contribution < -0.4 is 15.2 Å². The van der Waals surface area contributed by atoms with Gasteiger partial charge in [0.2, 0.25) is 26.0 Å². The Morgan fingerprint density at radius 2 is 1.65 bits per heavy atom. The number of nitrogens with one attached hydrogen (secondary N) is 2. The van der Waals surface area contributed by atoms with Gasteiger partial charge in [-0.2, -0.15) is 0 Å². The molecule has 0 aromatic heterocycles. The zero-order valence-electron chi connectivity index (χ0n) is 13.6. The van der Waals surface area contributed by atoms with E-state index in [1.807, 2.05) is 0 Å². The first-order valence-electron chi connectivity index (χ1n) is 7.69. The number of sulfonamides is 2. The van der Waals surface area contributed by atoms with Crippen molar-refractivity contribution in [2.75, 3.05) is 11.9 Å². The van der Waals surface area contributed by atoms with Crippen molar-refractivity contribution in [3.8, 4) is 0 Å². The van der Waals surface area contributed by atoms with E-state index in [1.165, 1.54) is 24.3 Å². The Labute approximate surface area is 151 Å². The summed E-state index contributed by atoms with van der Waals surface area (Å²) in [4.78, 5) is 11.5. The molecular weight excluding hydrogens is 378 g/mol. The maximum Gasteiger partial charge on any atom is 0.240 e. The highest BCUT2D eigenvalue weighted by Crippen LogP contribution is 2.25. The maximum atomic E-state index is 12.4. The summed E-state index contributed by atoms with van der Waals surface area (Å²) in [5.41, 5.74) is 2.05. The molecule has 0 fully saturated rings. The summed E-state index contributed by atoms with van der Waals surface area (Å²) in [5.74, 6) is -0.162. The second-order valence-electron chi connectivity index (χ2n) is 5.88. The first-order chi connectivity index (χ1) is 12.1. The van der Waals surface area contributed by atoms with Gasteiger partial charge in [-0.05, 0) is 47.9 Å². The number of fused-ring (bicyclic) bond motifs is 1. The number of anilines is 1. The van der Waals surface area contributed by atoms with E-state index in [-0.39, 0.29) is 28.7 Å². The molecule has 1 amide bonds. The van der Waals surface area contributed by atoms with Crippen LogP contribution in [0.25, 0.3) is 0 Å². The minimum absolute atomic E-state index is 0.00290. The Morgan fingerprint density at radius 1 is 1.00 bits per heavy atom. The van der Waals surface area contributed by atoms with Crippen LogP contribution in [-0.4, -0.2) is 29.3 Å². The topological polar surface area (TPSA) is 135 Å². The molecule has 1 heterocycles. The lowest BCUT2D eigenvalue weighted by molar-refractivity contribution is -0.115. The monoisotopic (exact) mass is 395 g/mol. The van der Waals surface area contributed by atoms with Crippen LogP contribution in [0.4, 0.5) is 5.69 Å². The number of benzene rings is 2. The summed E-state index contributed by atoms with van der Waals surface area (Å²) in [6.45, 7) is 0.144. The molecule has 138 valence electrons. The number of primary sulfonamides is 1. The molecule has 8 nitrogen and oxygen atoms in total. The van der Waals surface area contributed by atoms with Gasteiger partial charge in [0.15, 0.2) is 0 Å². The maximum absolute atomic E-state index is 12.4. The molecule has 10 heteroatoms. The van der Waals surface area contributed by atoms with Crippen LogP contribution in [-0.2, 0) is 37.7 Å². The molecular formula is C16H17N3O5S2. The smallest absolute Gasteiger partial charge is 0.240 e. The third kappa shape index (κ3) is 4.10. The largest absolute Gasteiger partial charge is 0.326 e. The fourth-order valence-electron chi connectivity index (χ4n) is 2.63. The molecule has 0 saturated carbocycles. The first-order valence-corrected chi connectivity index (χ1v) is 10.7. The van der Waals surface area contributed by atoms with E-state index in [4.69, 9.17) is 5.14 Å². The van der Waals surface area contributed by atoms with Gasteiger partial charge in [-0.25, -0.2) is 26.7 Å². The Bertz CT molecular complexity index is 1060. The highest BCUT2D eigenvalue weighted by atomic mass is 32.2. The molecule has 1 aliphatic rings. The quantitative estimate of drug-likeness (QED) is 0.648. The molecule has 26 heavy (non-hydrogen) atoms. The van der Waals surface area contributed by atoms with Gasteiger partial charge in [-0.15, -0.1) is 0 Å². The molecule has 1 aliphatic heterocycles. The number of carbonyl (C=O) groups is 1. The van der Waals surface area contributed by atoms with Crippen molar-refractivity contribution in [3.05, 3.63) is 53.6 Å². The number of carbonyl (C=O) groups excluding carboxylic acids is 1. The molecule has 4 N–H and O–H groups in total. The number of hydrogen-bond donors (Lipinski definition) is 3. The second-order valence-corrected chi connectivity index (χ2v) is 9.21. The fourth-order valence-corrected chi connectivity index (χ4v) is 4.23. The molecule has 0 radical (unpaired) electrons. The number of amides is 1. The second kappa shape index (κ2) is 6.80. The Balaban J connectivity index is 1.64. The van der Waals surface area contributed by atoms with Crippen LogP contribution in [0, 0.1) is 0 Å². The summed E-state index contributed by atoms with van der Waals surface area (Å²) in [7, 11) is -7.45. The van der Waals surface area contributed by atoms with E-state index in [0.717, 1.165) is 5.56 Å². The average molecular weight is 395 g/mol. The van der Waals surface area contributed by atoms with Gasteiger partial charge >= 0.3 is 0 Å². The van der Waals surface area contributed by atoms with E-state index >= 15 is 0 Å². The standard InChI is InChI=1S/C16H17N3O5S2/c17-25(21,22)13-3-1-11(2-4-13)7-8-18-26(23,24)14-5-6-15-12(9-14)10-16(20)19-15/h1-6,9,18H,7-8,10H2,(H,19,20)(H2,17,21,22). The summed E-state index contributed by atoms with van der Waals surface area (Å²) in [5, 5.41) is 7.68. The lowest BCUT2D eigenvalue weighted by atomic mass is 10.2. The predicted molar refractivity (Wildman–Crippen MR) is 95.5 cm³/mol. The van der Waals surface area contributed by atoms with Crippen molar-refractivity contribution < 1.29 is 21.6 Å². The van der Waals surface area contributed by atoms with Crippen molar-refractivity contribution in [2.24, 2.45) is 5.14 Å². The van der Waals surface area contributed by atoms with Crippen LogP contribution in [0.15, 0.2) is 52.3 Å². The van der Waals surface area contributed by atoms with E-state index in [0.29, 0.717) is 17.7 Å². The molecule has 2 aromatic rings. The zero-order chi connectivity index (χ0) is 18.9. The van der Waals surface area contributed by atoms with Crippen LogP contribution in [0.1, 0.15) is 11.1 Å². The van der Waals surface area contributed by atoms with Gasteiger partial charge in [0.1, 0.15) is 0 Å². The van der Waals surface area contributed by atoms with Crippen molar-refractivity contribution >= 4 is 31.6 Å². The average Bonchev–Trinajstić information content (AvgIpc) is 2.93. The molecule has 0 spiro atoms. The van der Waals surface area contributed by atoms with Crippen LogP contribution in [0.5, 0.6) is 0 Å². The Hall–Kier alpha value is -2.27. The number of hydrogen-bond acceptors (Lipinski definition) is 5. The van der Waals surface area contributed by atoms with Gasteiger partial charge < -0.3 is 5.32 Å². The summed E-state index contributed by atoms with van der Waals surface area (Å²) < 4.78 is 49.7. The van der Waals surface area contributed by atoms with Gasteiger partial charge in [-0.1, -0.05) is 12.1 Å². The van der Waals surface area contributed by atoms with Gasteiger partial charge in [-0.3, -0.25) is 4.79 Å². The third-order valence-electron chi connectivity index (χ3n) is 3.97. The molecule has 0 atom stereocenters. The van der Waals surface area contributed by atoms with Crippen molar-refractivity contribution in [3.63, 3.8) is 0 Å². The van der Waals surface area contributed by atoms with E-state index in [1.54, 1.807) is 18.2 Å². The lowest BCUT2D eigenvalue weighted by Crippen LogP contribution is -2.26. The van der Waals surface area contributed by atoms with Crippen LogP contribution >= 0.6 is 0 Å². The van der Waals surface area contributed by atoms with E-state index < -0.39 is 20.0 Å². The summed E-state index contributed by atoms with van der Waals surface area (Å²) in [6.07, 6.45) is 0.546. The third-order valence-corrected chi connectivity index (χ3v) is 6.36. The Kier molecular flexibility index (Phi) is 4.84. The highest BCUT2D eigenvalue weighted by molar-refractivity contribution is 7.89. The normalized spacial score (nSPS) is 14.1. The van der Waals surface area contributed by atoms with Gasteiger partial charge in [0.25, 0.3) is 0 Å². The molecule has 0 aliphatic carbocycles. The SMILES string of the molecule is NS(=O)(=O)c1ccc(CCNS(=O)(=O)c2ccc3c(c2)CC(=O)N3)cc1. The van der Waals surface area contributed by atoms with Crippen molar-refractivity contribution in [1.82, 2.24) is 4.72 Å². The van der Waals surface area contributed by atoms with E-state index in [9.17, 15) is 21.6 Å². The number of nitrogens with two attached hydrogens (primary N) is 1. The zero-order valence-corrected chi connectivity index (χ0v) is 15.2. The molecule has 0 unspecified atom stereocenters. The first kappa shape index (κ1) is 18.5. The minimum atomic E-state index is -3.75. The predicted octanol–water partition coefficient (Wildman–Crippen LogP) is 0.350. The highest BCUT2D eigenvalue weighted by Gasteiger charge is 2.21. The molecule has 3 rings (SSSR count). The van der Waals surface area contributed by atoms with Gasteiger partial charge in [0, 0.05) is 12.2 Å². The van der Waals surface area contributed by atoms with Crippen LogP contribution in [0.2, 0.25) is 0 Å². The van der Waals surface area contributed by atoms with Crippen molar-refractivity contribution in [2.45, 2.75) is 22.6 Å². The van der Waals surface area contributed by atoms with E-state index in [2.05, 4.69) is 10.0 Å². The van der Waals surface area contributed by atoms with Crippen molar-refractivity contribution in [1.29, 1.82) is 0 Å². The summed E-state index contributed by atoms with van der Waals surface area (Å²) in [6, 6.07) is 10.4.